The van der Waals surface area contributed by atoms with Gasteiger partial charge < -0.3 is 14.4 Å². The molecular weight excluding hydrogens is 284 g/mol. The van der Waals surface area contributed by atoms with Crippen molar-refractivity contribution in [1.29, 1.82) is 0 Å². The molecule has 6 heteroatoms. The van der Waals surface area contributed by atoms with Gasteiger partial charge in [0.2, 0.25) is 0 Å². The van der Waals surface area contributed by atoms with Gasteiger partial charge >= 0.3 is 0 Å². The van der Waals surface area contributed by atoms with Crippen molar-refractivity contribution in [1.82, 2.24) is 0 Å². The normalized spacial score (nSPS) is 14.0. The van der Waals surface area contributed by atoms with Crippen molar-refractivity contribution in [3.8, 4) is 0 Å². The second-order valence-electron chi connectivity index (χ2n) is 5.00. The van der Waals surface area contributed by atoms with E-state index in [1.165, 1.54) is 0 Å². The summed E-state index contributed by atoms with van der Waals surface area (Å²) in [6.45, 7) is 5.97. The molecule has 22 heavy (non-hydrogen) atoms. The number of para-hydroxylation sites is 1. The third-order valence-electron chi connectivity index (χ3n) is 3.53. The Morgan fingerprint density at radius 1 is 1.27 bits per heavy atom. The molecule has 1 heterocycles. The number of rotatable bonds is 8. The number of hydrogen-bond acceptors (Lipinski definition) is 5. The molecule has 0 radical (unpaired) electrons. The maximum Gasteiger partial charge on any atom is 0.266 e. The first kappa shape index (κ1) is 16.5. The zero-order valence-electron chi connectivity index (χ0n) is 13.0. The van der Waals surface area contributed by atoms with Crippen LogP contribution >= 0.6 is 0 Å². The Balaban J connectivity index is 2.10. The van der Waals surface area contributed by atoms with Crippen LogP contribution in [-0.2, 0) is 9.47 Å². The molecule has 2 rings (SSSR count). The minimum absolute atomic E-state index is 0.211. The highest BCUT2D eigenvalue weighted by Crippen LogP contribution is 2.29. The van der Waals surface area contributed by atoms with E-state index in [0.29, 0.717) is 32.7 Å². The van der Waals surface area contributed by atoms with Crippen molar-refractivity contribution in [2.75, 3.05) is 31.2 Å². The third-order valence-corrected chi connectivity index (χ3v) is 3.53. The van der Waals surface area contributed by atoms with Crippen molar-refractivity contribution in [3.63, 3.8) is 0 Å². The molecule has 1 aliphatic heterocycles. The molecule has 0 N–H and O–H groups in total. The third kappa shape index (κ3) is 4.05. The lowest BCUT2D eigenvalue weighted by molar-refractivity contribution is -0.423. The van der Waals surface area contributed by atoms with Crippen molar-refractivity contribution < 1.29 is 14.4 Å². The van der Waals surface area contributed by atoms with E-state index < -0.39 is 0 Å². The van der Waals surface area contributed by atoms with Crippen LogP contribution in [-0.4, -0.2) is 37.5 Å². The number of nitrogens with zero attached hydrogens (tertiary/aromatic N) is 2. The zero-order chi connectivity index (χ0) is 15.9. The summed E-state index contributed by atoms with van der Waals surface area (Å²) in [4.78, 5) is 12.8. The Bertz CT molecular complexity index is 539. The van der Waals surface area contributed by atoms with Crippen LogP contribution in [0.25, 0.3) is 6.08 Å². The molecular formula is C16H22N2O4. The molecule has 0 amide bonds. The first-order valence-electron chi connectivity index (χ1n) is 7.57. The summed E-state index contributed by atoms with van der Waals surface area (Å²) in [5, 5.41) is 11.1. The molecule has 0 atom stereocenters. The lowest BCUT2D eigenvalue weighted by atomic mass is 10.1. The molecule has 0 saturated carbocycles. The largest absolute Gasteiger partial charge is 0.360 e. The van der Waals surface area contributed by atoms with Crippen LogP contribution in [0, 0.1) is 10.1 Å². The lowest BCUT2D eigenvalue weighted by Gasteiger charge is -2.29. The van der Waals surface area contributed by atoms with Gasteiger partial charge in [-0.15, -0.1) is 0 Å². The Hall–Kier alpha value is -1.92. The van der Waals surface area contributed by atoms with Crippen molar-refractivity contribution in [2.24, 2.45) is 0 Å². The monoisotopic (exact) mass is 306 g/mol. The summed E-state index contributed by atoms with van der Waals surface area (Å²) in [7, 11) is 0. The predicted molar refractivity (Wildman–Crippen MR) is 85.3 cm³/mol. The van der Waals surface area contributed by atoms with Crippen LogP contribution in [0.2, 0.25) is 0 Å². The molecule has 120 valence electrons. The molecule has 0 aliphatic carbocycles. The number of nitro groups is 1. The van der Waals surface area contributed by atoms with Gasteiger partial charge in [-0.25, -0.2) is 0 Å². The Kier molecular flexibility index (Phi) is 5.91. The Morgan fingerprint density at radius 2 is 1.95 bits per heavy atom. The van der Waals surface area contributed by atoms with Gasteiger partial charge in [0.15, 0.2) is 6.29 Å². The minimum atomic E-state index is -0.314. The summed E-state index contributed by atoms with van der Waals surface area (Å²) in [5.41, 5.74) is 2.10. The lowest BCUT2D eigenvalue weighted by Crippen LogP contribution is -2.34. The molecule has 0 saturated heterocycles. The topological polar surface area (TPSA) is 64.8 Å². The quantitative estimate of drug-likeness (QED) is 0.420. The molecule has 0 unspecified atom stereocenters. The fourth-order valence-corrected chi connectivity index (χ4v) is 2.56. The van der Waals surface area contributed by atoms with Crippen LogP contribution in [0.1, 0.15) is 25.8 Å². The van der Waals surface area contributed by atoms with Gasteiger partial charge in [0.05, 0.1) is 4.92 Å². The van der Waals surface area contributed by atoms with Gasteiger partial charge in [-0.05, 0) is 19.9 Å². The molecule has 1 aromatic rings. The second-order valence-corrected chi connectivity index (χ2v) is 5.00. The van der Waals surface area contributed by atoms with Crippen LogP contribution in [0.3, 0.4) is 0 Å². The maximum atomic E-state index is 11.1. The minimum Gasteiger partial charge on any atom is -0.360 e. The maximum absolute atomic E-state index is 11.1. The summed E-state index contributed by atoms with van der Waals surface area (Å²) in [6, 6.07) is 7.71. The standard InChI is InChI=1S/C16H22N2O4/c1-3-21-16(22-4-2)9-10-17-12-14(18(19)20)11-13-7-5-6-8-15(13)17/h5-8,11,16H,3-4,9-10,12H2,1-2H3. The molecule has 1 aromatic carbocycles. The highest BCUT2D eigenvalue weighted by Gasteiger charge is 2.25. The van der Waals surface area contributed by atoms with Crippen LogP contribution in [0.15, 0.2) is 30.0 Å². The number of fused-ring (bicyclic) bond motifs is 1. The zero-order valence-corrected chi connectivity index (χ0v) is 13.0. The molecule has 0 spiro atoms. The summed E-state index contributed by atoms with van der Waals surface area (Å²) in [6.07, 6.45) is 2.04. The second kappa shape index (κ2) is 7.91. The summed E-state index contributed by atoms with van der Waals surface area (Å²) >= 11 is 0. The fraction of sp³-hybridized carbons (Fsp3) is 0.500. The van der Waals surface area contributed by atoms with Crippen molar-refractivity contribution in [3.05, 3.63) is 45.6 Å². The SMILES string of the molecule is CCOC(CCN1CC([N+](=O)[O-])=Cc2ccccc21)OCC. The number of benzene rings is 1. The van der Waals surface area contributed by atoms with Gasteiger partial charge in [-0.1, -0.05) is 18.2 Å². The van der Waals surface area contributed by atoms with E-state index in [4.69, 9.17) is 9.47 Å². The summed E-state index contributed by atoms with van der Waals surface area (Å²) in [5.74, 6) is 0. The molecule has 6 nitrogen and oxygen atoms in total. The molecule has 0 aromatic heterocycles. The van der Waals surface area contributed by atoms with Crippen LogP contribution in [0.5, 0.6) is 0 Å². The molecule has 0 bridgehead atoms. The first-order valence-corrected chi connectivity index (χ1v) is 7.57. The average Bonchev–Trinajstić information content (AvgIpc) is 2.52. The fourth-order valence-electron chi connectivity index (χ4n) is 2.56. The van der Waals surface area contributed by atoms with Crippen LogP contribution < -0.4 is 4.90 Å². The Morgan fingerprint density at radius 3 is 2.59 bits per heavy atom. The van der Waals surface area contributed by atoms with Gasteiger partial charge in [-0.3, -0.25) is 10.1 Å². The molecule has 1 aliphatic rings. The van der Waals surface area contributed by atoms with Gasteiger partial charge in [-0.2, -0.15) is 0 Å². The van der Waals surface area contributed by atoms with Gasteiger partial charge in [0.25, 0.3) is 5.70 Å². The van der Waals surface area contributed by atoms with Crippen LogP contribution in [0.4, 0.5) is 5.69 Å². The van der Waals surface area contributed by atoms with Crippen molar-refractivity contribution >= 4 is 11.8 Å². The van der Waals surface area contributed by atoms with E-state index in [1.807, 2.05) is 43.0 Å². The first-order chi connectivity index (χ1) is 10.7. The van der Waals surface area contributed by atoms with E-state index in [-0.39, 0.29) is 16.9 Å². The van der Waals surface area contributed by atoms with E-state index in [2.05, 4.69) is 0 Å². The van der Waals surface area contributed by atoms with E-state index in [1.54, 1.807) is 6.08 Å². The predicted octanol–water partition coefficient (Wildman–Crippen LogP) is 2.91. The highest BCUT2D eigenvalue weighted by molar-refractivity contribution is 5.72. The van der Waals surface area contributed by atoms with Crippen molar-refractivity contribution in [2.45, 2.75) is 26.6 Å². The number of ether oxygens (including phenoxy) is 2. The Labute approximate surface area is 130 Å². The van der Waals surface area contributed by atoms with E-state index in [9.17, 15) is 10.1 Å². The number of hydrogen-bond donors (Lipinski definition) is 0. The average molecular weight is 306 g/mol. The van der Waals surface area contributed by atoms with E-state index in [0.717, 1.165) is 11.3 Å². The van der Waals surface area contributed by atoms with Gasteiger partial charge in [0, 0.05) is 43.5 Å². The smallest absolute Gasteiger partial charge is 0.266 e. The van der Waals surface area contributed by atoms with Gasteiger partial charge in [0.1, 0.15) is 6.54 Å². The number of anilines is 1. The van der Waals surface area contributed by atoms with E-state index >= 15 is 0 Å². The summed E-state index contributed by atoms with van der Waals surface area (Å²) < 4.78 is 11.1. The molecule has 0 fully saturated rings. The highest BCUT2D eigenvalue weighted by atomic mass is 16.7.